The Bertz CT molecular complexity index is 1360. The Morgan fingerprint density at radius 1 is 1.00 bits per heavy atom. The topological polar surface area (TPSA) is 126 Å². The van der Waals surface area contributed by atoms with Crippen molar-refractivity contribution in [1.82, 2.24) is 14.1 Å². The predicted octanol–water partition coefficient (Wildman–Crippen LogP) is 2.09. The molecule has 4 rings (SSSR count). The zero-order valence-electron chi connectivity index (χ0n) is 15.1. The highest BCUT2D eigenvalue weighted by atomic mass is 16.6. The SMILES string of the molecule is Nc1ccc2c(=O)n(Cc3cccc([N+](=O)[O-])c3)c(=O)n(-c3ccccc3)c2n1. The quantitative estimate of drug-likeness (QED) is 0.421. The van der Waals surface area contributed by atoms with Crippen molar-refractivity contribution in [2.45, 2.75) is 6.54 Å². The average molecular weight is 389 g/mol. The molecule has 0 saturated carbocycles. The third-order valence-electron chi connectivity index (χ3n) is 4.48. The van der Waals surface area contributed by atoms with Gasteiger partial charge in [0.2, 0.25) is 0 Å². The lowest BCUT2D eigenvalue weighted by Gasteiger charge is -2.14. The highest BCUT2D eigenvalue weighted by molar-refractivity contribution is 5.77. The molecule has 2 aromatic carbocycles. The number of nitro groups is 1. The fraction of sp³-hybridized carbons (Fsp3) is 0.0500. The molecule has 2 N–H and O–H groups in total. The van der Waals surface area contributed by atoms with Gasteiger partial charge in [-0.2, -0.15) is 0 Å². The van der Waals surface area contributed by atoms with Crippen molar-refractivity contribution in [3.05, 3.63) is 103 Å². The van der Waals surface area contributed by atoms with Gasteiger partial charge < -0.3 is 5.73 Å². The largest absolute Gasteiger partial charge is 0.384 e. The van der Waals surface area contributed by atoms with E-state index in [0.29, 0.717) is 11.3 Å². The molecule has 0 radical (unpaired) electrons. The molecule has 9 heteroatoms. The number of benzene rings is 2. The lowest BCUT2D eigenvalue weighted by atomic mass is 10.2. The molecule has 0 atom stereocenters. The van der Waals surface area contributed by atoms with Crippen LogP contribution in [0, 0.1) is 10.1 Å². The van der Waals surface area contributed by atoms with Crippen LogP contribution in [0.25, 0.3) is 16.7 Å². The number of pyridine rings is 1. The van der Waals surface area contributed by atoms with Crippen LogP contribution in [0.2, 0.25) is 0 Å². The Hall–Kier alpha value is -4.27. The van der Waals surface area contributed by atoms with E-state index in [4.69, 9.17) is 5.73 Å². The summed E-state index contributed by atoms with van der Waals surface area (Å²) in [6, 6.07) is 17.6. The van der Waals surface area contributed by atoms with E-state index in [0.717, 1.165) is 4.57 Å². The van der Waals surface area contributed by atoms with E-state index in [1.54, 1.807) is 36.4 Å². The van der Waals surface area contributed by atoms with E-state index in [1.165, 1.54) is 34.9 Å². The van der Waals surface area contributed by atoms with Crippen LogP contribution >= 0.6 is 0 Å². The standard InChI is InChI=1S/C20H15N5O4/c21-17-10-9-16-18(22-17)24(14-6-2-1-3-7-14)20(27)23(19(16)26)12-13-5-4-8-15(11-13)25(28)29/h1-11H,12H2,(H2,21,22). The summed E-state index contributed by atoms with van der Waals surface area (Å²) in [5.41, 5.74) is 5.64. The minimum atomic E-state index is -0.613. The van der Waals surface area contributed by atoms with Crippen molar-refractivity contribution in [2.24, 2.45) is 0 Å². The first-order valence-corrected chi connectivity index (χ1v) is 8.66. The fourth-order valence-corrected chi connectivity index (χ4v) is 3.14. The summed E-state index contributed by atoms with van der Waals surface area (Å²) in [5, 5.41) is 11.3. The maximum Gasteiger partial charge on any atom is 0.337 e. The second-order valence-corrected chi connectivity index (χ2v) is 6.38. The van der Waals surface area contributed by atoms with Crippen molar-refractivity contribution >= 4 is 22.5 Å². The minimum absolute atomic E-state index is 0.117. The van der Waals surface area contributed by atoms with E-state index in [9.17, 15) is 19.7 Å². The van der Waals surface area contributed by atoms with Gasteiger partial charge in [-0.25, -0.2) is 14.3 Å². The lowest BCUT2D eigenvalue weighted by Crippen LogP contribution is -2.40. The fourth-order valence-electron chi connectivity index (χ4n) is 3.14. The molecule has 0 aliphatic heterocycles. The van der Waals surface area contributed by atoms with Crippen LogP contribution in [0.5, 0.6) is 0 Å². The number of non-ortho nitro benzene ring substituents is 1. The Balaban J connectivity index is 2.00. The molecule has 0 saturated heterocycles. The Labute approximate surface area is 163 Å². The van der Waals surface area contributed by atoms with Gasteiger partial charge in [0.25, 0.3) is 11.2 Å². The number of anilines is 1. The predicted molar refractivity (Wildman–Crippen MR) is 108 cm³/mol. The number of hydrogen-bond acceptors (Lipinski definition) is 6. The molecule has 0 fully saturated rings. The summed E-state index contributed by atoms with van der Waals surface area (Å²) in [6.45, 7) is -0.119. The normalized spacial score (nSPS) is 10.9. The van der Waals surface area contributed by atoms with Crippen LogP contribution in [0.15, 0.2) is 76.3 Å². The van der Waals surface area contributed by atoms with E-state index in [1.807, 2.05) is 0 Å². The summed E-state index contributed by atoms with van der Waals surface area (Å²) in [6.07, 6.45) is 0. The molecular formula is C20H15N5O4. The molecule has 0 aliphatic rings. The highest BCUT2D eigenvalue weighted by Gasteiger charge is 2.17. The number of aromatic nitrogens is 3. The van der Waals surface area contributed by atoms with Crippen LogP contribution in [0.1, 0.15) is 5.56 Å². The molecule has 0 amide bonds. The third kappa shape index (κ3) is 3.25. The summed E-state index contributed by atoms with van der Waals surface area (Å²) >= 11 is 0. The minimum Gasteiger partial charge on any atom is -0.384 e. The summed E-state index contributed by atoms with van der Waals surface area (Å²) < 4.78 is 2.34. The van der Waals surface area contributed by atoms with Gasteiger partial charge in [-0.15, -0.1) is 0 Å². The van der Waals surface area contributed by atoms with Crippen LogP contribution in [0.4, 0.5) is 11.5 Å². The molecule has 4 aromatic rings. The van der Waals surface area contributed by atoms with Gasteiger partial charge in [-0.1, -0.05) is 30.3 Å². The van der Waals surface area contributed by atoms with Gasteiger partial charge in [0.05, 0.1) is 22.5 Å². The van der Waals surface area contributed by atoms with E-state index in [2.05, 4.69) is 4.98 Å². The number of nitrogens with zero attached hydrogens (tertiary/aromatic N) is 4. The molecule has 144 valence electrons. The van der Waals surface area contributed by atoms with Crippen LogP contribution in [-0.2, 0) is 6.54 Å². The Morgan fingerprint density at radius 3 is 2.48 bits per heavy atom. The summed E-state index contributed by atoms with van der Waals surface area (Å²) in [4.78, 5) is 41.0. The monoisotopic (exact) mass is 389 g/mol. The van der Waals surface area contributed by atoms with E-state index >= 15 is 0 Å². The number of para-hydroxylation sites is 1. The number of nitrogens with two attached hydrogens (primary N) is 1. The maximum absolute atomic E-state index is 13.2. The molecule has 0 spiro atoms. The van der Waals surface area contributed by atoms with Gasteiger partial charge in [-0.3, -0.25) is 19.5 Å². The molecular weight excluding hydrogens is 374 g/mol. The first kappa shape index (κ1) is 18.1. The number of nitrogen functional groups attached to an aromatic ring is 1. The second-order valence-electron chi connectivity index (χ2n) is 6.38. The van der Waals surface area contributed by atoms with Crippen LogP contribution in [-0.4, -0.2) is 19.0 Å². The zero-order chi connectivity index (χ0) is 20.5. The number of hydrogen-bond donors (Lipinski definition) is 1. The molecule has 0 bridgehead atoms. The van der Waals surface area contributed by atoms with Crippen LogP contribution < -0.4 is 17.0 Å². The molecule has 29 heavy (non-hydrogen) atoms. The molecule has 0 unspecified atom stereocenters. The molecule has 0 aliphatic carbocycles. The molecule has 2 aromatic heterocycles. The maximum atomic E-state index is 13.2. The first-order chi connectivity index (χ1) is 14.0. The number of nitro benzene ring substituents is 1. The van der Waals surface area contributed by atoms with E-state index < -0.39 is 16.2 Å². The molecule has 9 nitrogen and oxygen atoms in total. The van der Waals surface area contributed by atoms with Crippen molar-refractivity contribution in [2.75, 3.05) is 5.73 Å². The first-order valence-electron chi connectivity index (χ1n) is 8.66. The van der Waals surface area contributed by atoms with Crippen molar-refractivity contribution in [3.8, 4) is 5.69 Å². The van der Waals surface area contributed by atoms with Gasteiger partial charge >= 0.3 is 5.69 Å². The third-order valence-corrected chi connectivity index (χ3v) is 4.48. The molecule has 2 heterocycles. The van der Waals surface area contributed by atoms with Crippen LogP contribution in [0.3, 0.4) is 0 Å². The number of rotatable bonds is 4. The summed E-state index contributed by atoms with van der Waals surface area (Å²) in [5.74, 6) is 0.178. The summed E-state index contributed by atoms with van der Waals surface area (Å²) in [7, 11) is 0. The smallest absolute Gasteiger partial charge is 0.337 e. The van der Waals surface area contributed by atoms with Gasteiger partial charge in [0.1, 0.15) is 5.82 Å². The lowest BCUT2D eigenvalue weighted by molar-refractivity contribution is -0.384. The highest BCUT2D eigenvalue weighted by Crippen LogP contribution is 2.16. The van der Waals surface area contributed by atoms with Crippen molar-refractivity contribution in [1.29, 1.82) is 0 Å². The van der Waals surface area contributed by atoms with E-state index in [-0.39, 0.29) is 29.1 Å². The van der Waals surface area contributed by atoms with Gasteiger partial charge in [0, 0.05) is 12.1 Å². The Morgan fingerprint density at radius 2 is 1.76 bits per heavy atom. The average Bonchev–Trinajstić information content (AvgIpc) is 2.72. The second kappa shape index (κ2) is 7.04. The zero-order valence-corrected chi connectivity index (χ0v) is 15.1. The number of fused-ring (bicyclic) bond motifs is 1. The van der Waals surface area contributed by atoms with Crippen molar-refractivity contribution in [3.63, 3.8) is 0 Å². The van der Waals surface area contributed by atoms with Crippen molar-refractivity contribution < 1.29 is 4.92 Å². The van der Waals surface area contributed by atoms with Gasteiger partial charge in [0.15, 0.2) is 5.65 Å². The Kier molecular flexibility index (Phi) is 4.40. The van der Waals surface area contributed by atoms with Gasteiger partial charge in [-0.05, 0) is 29.8 Å².